The van der Waals surface area contributed by atoms with Crippen molar-refractivity contribution in [2.45, 2.75) is 33.7 Å². The SMILES string of the molecule is CC(Nc1ncc2ccccc2n1)C(C)(C)C. The molecule has 0 amide bonds. The van der Waals surface area contributed by atoms with Crippen LogP contribution in [-0.2, 0) is 0 Å². The first-order valence-electron chi connectivity index (χ1n) is 5.95. The normalized spacial score (nSPS) is 13.6. The molecule has 3 heteroatoms. The molecule has 0 saturated carbocycles. The minimum absolute atomic E-state index is 0.189. The van der Waals surface area contributed by atoms with Crippen LogP contribution in [0.5, 0.6) is 0 Å². The van der Waals surface area contributed by atoms with Gasteiger partial charge in [0.25, 0.3) is 0 Å². The van der Waals surface area contributed by atoms with Crippen molar-refractivity contribution in [1.29, 1.82) is 0 Å². The summed E-state index contributed by atoms with van der Waals surface area (Å²) < 4.78 is 0. The van der Waals surface area contributed by atoms with Crippen molar-refractivity contribution < 1.29 is 0 Å². The third kappa shape index (κ3) is 2.73. The fourth-order valence-electron chi connectivity index (χ4n) is 1.45. The lowest BCUT2D eigenvalue weighted by atomic mass is 9.88. The summed E-state index contributed by atoms with van der Waals surface area (Å²) in [7, 11) is 0. The van der Waals surface area contributed by atoms with Gasteiger partial charge in [-0.3, -0.25) is 0 Å². The molecule has 1 aromatic carbocycles. The summed E-state index contributed by atoms with van der Waals surface area (Å²) in [5.41, 5.74) is 1.17. The van der Waals surface area contributed by atoms with Crippen molar-refractivity contribution in [2.24, 2.45) is 5.41 Å². The fourth-order valence-corrected chi connectivity index (χ4v) is 1.45. The Balaban J connectivity index is 2.25. The number of hydrogen-bond acceptors (Lipinski definition) is 3. The van der Waals surface area contributed by atoms with E-state index in [9.17, 15) is 0 Å². The summed E-state index contributed by atoms with van der Waals surface area (Å²) in [5.74, 6) is 0.700. The van der Waals surface area contributed by atoms with Crippen molar-refractivity contribution >= 4 is 16.9 Å². The zero-order chi connectivity index (χ0) is 12.5. The number of aromatic nitrogens is 2. The Labute approximate surface area is 102 Å². The second-order valence-corrected chi connectivity index (χ2v) is 5.48. The Bertz CT molecular complexity index is 514. The summed E-state index contributed by atoms with van der Waals surface area (Å²) in [5, 5.41) is 4.42. The van der Waals surface area contributed by atoms with Crippen LogP contribution < -0.4 is 5.32 Å². The largest absolute Gasteiger partial charge is 0.351 e. The molecule has 1 atom stereocenters. The number of para-hydroxylation sites is 1. The standard InChI is InChI=1S/C14H19N3/c1-10(14(2,3)4)16-13-15-9-11-7-5-6-8-12(11)17-13/h5-10H,1-4H3,(H,15,16,17). The van der Waals surface area contributed by atoms with Gasteiger partial charge in [-0.2, -0.15) is 0 Å². The highest BCUT2D eigenvalue weighted by Gasteiger charge is 2.20. The molecule has 0 aliphatic carbocycles. The van der Waals surface area contributed by atoms with E-state index in [1.54, 1.807) is 0 Å². The first-order chi connectivity index (χ1) is 7.97. The lowest BCUT2D eigenvalue weighted by Crippen LogP contribution is -2.31. The molecular weight excluding hydrogens is 210 g/mol. The lowest BCUT2D eigenvalue weighted by Gasteiger charge is -2.28. The quantitative estimate of drug-likeness (QED) is 0.856. The van der Waals surface area contributed by atoms with Gasteiger partial charge in [0, 0.05) is 17.6 Å². The van der Waals surface area contributed by atoms with Crippen LogP contribution in [0.4, 0.5) is 5.95 Å². The topological polar surface area (TPSA) is 37.8 Å². The number of hydrogen-bond donors (Lipinski definition) is 1. The van der Waals surface area contributed by atoms with E-state index in [2.05, 4.69) is 43.0 Å². The minimum atomic E-state index is 0.189. The van der Waals surface area contributed by atoms with E-state index in [-0.39, 0.29) is 5.41 Å². The van der Waals surface area contributed by atoms with E-state index in [0.717, 1.165) is 10.9 Å². The molecule has 0 bridgehead atoms. The Hall–Kier alpha value is -1.64. The highest BCUT2D eigenvalue weighted by molar-refractivity contribution is 5.78. The smallest absolute Gasteiger partial charge is 0.223 e. The molecular formula is C14H19N3. The van der Waals surface area contributed by atoms with Crippen LogP contribution in [0.15, 0.2) is 30.5 Å². The molecule has 2 aromatic rings. The lowest BCUT2D eigenvalue weighted by molar-refractivity contribution is 0.358. The summed E-state index contributed by atoms with van der Waals surface area (Å²) >= 11 is 0. The van der Waals surface area contributed by atoms with Crippen LogP contribution in [0.25, 0.3) is 10.9 Å². The van der Waals surface area contributed by atoms with Gasteiger partial charge >= 0.3 is 0 Å². The molecule has 17 heavy (non-hydrogen) atoms. The van der Waals surface area contributed by atoms with Gasteiger partial charge in [0.05, 0.1) is 5.52 Å². The first kappa shape index (κ1) is 11.8. The predicted molar refractivity (Wildman–Crippen MR) is 72.1 cm³/mol. The van der Waals surface area contributed by atoms with E-state index in [1.165, 1.54) is 0 Å². The maximum absolute atomic E-state index is 4.51. The molecule has 1 unspecified atom stereocenters. The molecule has 1 heterocycles. The molecule has 0 aliphatic rings. The van der Waals surface area contributed by atoms with E-state index in [1.807, 2.05) is 30.5 Å². The van der Waals surface area contributed by atoms with Gasteiger partial charge < -0.3 is 5.32 Å². The Morgan fingerprint density at radius 1 is 1.18 bits per heavy atom. The minimum Gasteiger partial charge on any atom is -0.351 e. The summed E-state index contributed by atoms with van der Waals surface area (Å²) in [6.07, 6.45) is 1.86. The van der Waals surface area contributed by atoms with Crippen LogP contribution in [0.2, 0.25) is 0 Å². The van der Waals surface area contributed by atoms with E-state index >= 15 is 0 Å². The third-order valence-electron chi connectivity index (χ3n) is 3.13. The van der Waals surface area contributed by atoms with Crippen LogP contribution in [0.3, 0.4) is 0 Å². The van der Waals surface area contributed by atoms with E-state index in [0.29, 0.717) is 12.0 Å². The summed E-state index contributed by atoms with van der Waals surface area (Å²) in [6.45, 7) is 8.75. The maximum Gasteiger partial charge on any atom is 0.223 e. The number of nitrogens with one attached hydrogen (secondary N) is 1. The van der Waals surface area contributed by atoms with Gasteiger partial charge in [0.15, 0.2) is 0 Å². The average molecular weight is 229 g/mol. The maximum atomic E-state index is 4.51. The molecule has 0 spiro atoms. The van der Waals surface area contributed by atoms with Crippen molar-refractivity contribution in [3.8, 4) is 0 Å². The predicted octanol–water partition coefficient (Wildman–Crippen LogP) is 3.48. The molecule has 0 fully saturated rings. The number of nitrogens with zero attached hydrogens (tertiary/aromatic N) is 2. The zero-order valence-corrected chi connectivity index (χ0v) is 10.9. The van der Waals surface area contributed by atoms with Crippen molar-refractivity contribution in [1.82, 2.24) is 9.97 Å². The first-order valence-corrected chi connectivity index (χ1v) is 5.95. The number of anilines is 1. The van der Waals surface area contributed by atoms with E-state index < -0.39 is 0 Å². The number of fused-ring (bicyclic) bond motifs is 1. The average Bonchev–Trinajstić information content (AvgIpc) is 2.27. The fraction of sp³-hybridized carbons (Fsp3) is 0.429. The summed E-state index contributed by atoms with van der Waals surface area (Å²) in [4.78, 5) is 8.84. The number of rotatable bonds is 2. The molecule has 1 aromatic heterocycles. The second-order valence-electron chi connectivity index (χ2n) is 5.48. The third-order valence-corrected chi connectivity index (χ3v) is 3.13. The highest BCUT2D eigenvalue weighted by Crippen LogP contribution is 2.22. The van der Waals surface area contributed by atoms with Crippen molar-refractivity contribution in [2.75, 3.05) is 5.32 Å². The van der Waals surface area contributed by atoms with Crippen LogP contribution in [0, 0.1) is 5.41 Å². The van der Waals surface area contributed by atoms with Gasteiger partial charge in [0.2, 0.25) is 5.95 Å². The Kier molecular flexibility index (Phi) is 3.01. The van der Waals surface area contributed by atoms with Gasteiger partial charge in [-0.25, -0.2) is 9.97 Å². The molecule has 0 radical (unpaired) electrons. The molecule has 1 N–H and O–H groups in total. The Morgan fingerprint density at radius 2 is 1.88 bits per heavy atom. The van der Waals surface area contributed by atoms with Gasteiger partial charge in [0.1, 0.15) is 0 Å². The molecule has 3 nitrogen and oxygen atoms in total. The van der Waals surface area contributed by atoms with E-state index in [4.69, 9.17) is 0 Å². The van der Waals surface area contributed by atoms with Gasteiger partial charge in [-0.15, -0.1) is 0 Å². The van der Waals surface area contributed by atoms with Crippen molar-refractivity contribution in [3.05, 3.63) is 30.5 Å². The molecule has 0 aliphatic heterocycles. The van der Waals surface area contributed by atoms with Crippen molar-refractivity contribution in [3.63, 3.8) is 0 Å². The molecule has 2 rings (SSSR count). The van der Waals surface area contributed by atoms with Crippen LogP contribution >= 0.6 is 0 Å². The molecule has 0 saturated heterocycles. The van der Waals surface area contributed by atoms with Gasteiger partial charge in [-0.05, 0) is 18.4 Å². The molecule has 90 valence electrons. The monoisotopic (exact) mass is 229 g/mol. The van der Waals surface area contributed by atoms with Gasteiger partial charge in [-0.1, -0.05) is 39.0 Å². The summed E-state index contributed by atoms with van der Waals surface area (Å²) in [6, 6.07) is 8.34. The van der Waals surface area contributed by atoms with Crippen LogP contribution in [0.1, 0.15) is 27.7 Å². The van der Waals surface area contributed by atoms with Crippen LogP contribution in [-0.4, -0.2) is 16.0 Å². The second kappa shape index (κ2) is 4.32. The Morgan fingerprint density at radius 3 is 2.59 bits per heavy atom. The highest BCUT2D eigenvalue weighted by atomic mass is 15.1. The number of benzene rings is 1. The zero-order valence-electron chi connectivity index (χ0n) is 10.9.